The Morgan fingerprint density at radius 1 is 1.22 bits per heavy atom. The van der Waals surface area contributed by atoms with Gasteiger partial charge in [0.25, 0.3) is 0 Å². The van der Waals surface area contributed by atoms with E-state index >= 15 is 0 Å². The maximum Gasteiger partial charge on any atom is 0.306 e. The molecule has 0 spiro atoms. The van der Waals surface area contributed by atoms with E-state index in [2.05, 4.69) is 37.3 Å². The van der Waals surface area contributed by atoms with E-state index in [0.717, 1.165) is 19.3 Å². The number of ether oxygens (including phenoxy) is 1. The molecule has 0 aliphatic heterocycles. The summed E-state index contributed by atoms with van der Waals surface area (Å²) >= 11 is 0. The van der Waals surface area contributed by atoms with Crippen LogP contribution in [0.15, 0.2) is 42.0 Å². The lowest BCUT2D eigenvalue weighted by Gasteiger charge is -2.03. The molecule has 0 N–H and O–H groups in total. The number of hydrogen-bond donors (Lipinski definition) is 0. The van der Waals surface area contributed by atoms with Crippen LogP contribution in [0.3, 0.4) is 0 Å². The molecule has 0 atom stereocenters. The van der Waals surface area contributed by atoms with Crippen LogP contribution in [0.2, 0.25) is 0 Å². The summed E-state index contributed by atoms with van der Waals surface area (Å²) in [6.45, 7) is 4.38. The smallest absolute Gasteiger partial charge is 0.306 e. The van der Waals surface area contributed by atoms with Crippen LogP contribution in [-0.2, 0) is 16.0 Å². The van der Waals surface area contributed by atoms with Crippen molar-refractivity contribution in [3.8, 4) is 0 Å². The first-order valence-electron chi connectivity index (χ1n) is 6.57. The van der Waals surface area contributed by atoms with Gasteiger partial charge < -0.3 is 4.74 Å². The second-order valence-corrected chi connectivity index (χ2v) is 4.38. The Bertz CT molecular complexity index is 379. The van der Waals surface area contributed by atoms with E-state index in [-0.39, 0.29) is 5.97 Å². The maximum atomic E-state index is 11.2. The Labute approximate surface area is 110 Å². The standard InChI is InChI=1S/C16H22O2/c1-3-18-16(17)13-12-14(2)8-7-11-15-9-5-4-6-10-15/h4-6,8-10H,3,7,11-13H2,1-2H3/b14-8+. The van der Waals surface area contributed by atoms with Gasteiger partial charge in [-0.1, -0.05) is 42.0 Å². The zero-order valence-electron chi connectivity index (χ0n) is 11.3. The van der Waals surface area contributed by atoms with Gasteiger partial charge in [0.2, 0.25) is 0 Å². The number of carbonyl (C=O) groups excluding carboxylic acids is 1. The van der Waals surface area contributed by atoms with Gasteiger partial charge in [0, 0.05) is 6.42 Å². The summed E-state index contributed by atoms with van der Waals surface area (Å²) in [6.07, 6.45) is 5.58. The zero-order valence-corrected chi connectivity index (χ0v) is 11.3. The molecule has 0 fully saturated rings. The van der Waals surface area contributed by atoms with E-state index in [1.54, 1.807) is 0 Å². The predicted octanol–water partition coefficient (Wildman–Crippen LogP) is 3.91. The van der Waals surface area contributed by atoms with E-state index < -0.39 is 0 Å². The molecule has 2 nitrogen and oxygen atoms in total. The number of aryl methyl sites for hydroxylation is 1. The molecule has 0 bridgehead atoms. The summed E-state index contributed by atoms with van der Waals surface area (Å²) in [5.41, 5.74) is 2.62. The third kappa shape index (κ3) is 6.24. The second kappa shape index (κ2) is 8.51. The summed E-state index contributed by atoms with van der Waals surface area (Å²) in [5.74, 6) is -0.103. The maximum absolute atomic E-state index is 11.2. The monoisotopic (exact) mass is 246 g/mol. The Balaban J connectivity index is 2.23. The van der Waals surface area contributed by atoms with Gasteiger partial charge in [-0.3, -0.25) is 4.79 Å². The third-order valence-corrected chi connectivity index (χ3v) is 2.80. The third-order valence-electron chi connectivity index (χ3n) is 2.80. The molecule has 18 heavy (non-hydrogen) atoms. The second-order valence-electron chi connectivity index (χ2n) is 4.38. The number of allylic oxidation sites excluding steroid dienone is 2. The molecule has 0 heterocycles. The van der Waals surface area contributed by atoms with Crippen molar-refractivity contribution in [1.29, 1.82) is 0 Å². The minimum atomic E-state index is -0.103. The number of hydrogen-bond acceptors (Lipinski definition) is 2. The van der Waals surface area contributed by atoms with E-state index in [4.69, 9.17) is 4.74 Å². The van der Waals surface area contributed by atoms with Gasteiger partial charge in [0.05, 0.1) is 6.61 Å². The number of rotatable bonds is 7. The SMILES string of the molecule is CCOC(=O)CC/C(C)=C/CCc1ccccc1. The van der Waals surface area contributed by atoms with Gasteiger partial charge in [0.1, 0.15) is 0 Å². The predicted molar refractivity (Wildman–Crippen MR) is 74.4 cm³/mol. The summed E-state index contributed by atoms with van der Waals surface area (Å²) in [5, 5.41) is 0. The van der Waals surface area contributed by atoms with Crippen LogP contribution in [0.4, 0.5) is 0 Å². The Morgan fingerprint density at radius 3 is 2.61 bits per heavy atom. The van der Waals surface area contributed by atoms with E-state index in [1.807, 2.05) is 13.0 Å². The highest BCUT2D eigenvalue weighted by molar-refractivity contribution is 5.69. The van der Waals surface area contributed by atoms with Crippen molar-refractivity contribution in [2.75, 3.05) is 6.61 Å². The van der Waals surface area contributed by atoms with Crippen LogP contribution in [0.5, 0.6) is 0 Å². The number of benzene rings is 1. The summed E-state index contributed by atoms with van der Waals surface area (Å²) < 4.78 is 4.90. The minimum Gasteiger partial charge on any atom is -0.466 e. The normalized spacial score (nSPS) is 11.3. The fraction of sp³-hybridized carbons (Fsp3) is 0.438. The van der Waals surface area contributed by atoms with E-state index in [1.165, 1.54) is 11.1 Å². The van der Waals surface area contributed by atoms with Crippen molar-refractivity contribution >= 4 is 5.97 Å². The molecule has 1 aromatic carbocycles. The Kier molecular flexibility index (Phi) is 6.85. The van der Waals surface area contributed by atoms with Gasteiger partial charge >= 0.3 is 5.97 Å². The van der Waals surface area contributed by atoms with Gasteiger partial charge in [-0.05, 0) is 38.7 Å². The Morgan fingerprint density at radius 2 is 1.94 bits per heavy atom. The largest absolute Gasteiger partial charge is 0.466 e. The average molecular weight is 246 g/mol. The van der Waals surface area contributed by atoms with Crippen LogP contribution in [0, 0.1) is 0 Å². The molecule has 0 aromatic heterocycles. The van der Waals surface area contributed by atoms with Crippen molar-refractivity contribution in [2.24, 2.45) is 0 Å². The van der Waals surface area contributed by atoms with Crippen LogP contribution in [-0.4, -0.2) is 12.6 Å². The molecule has 0 aliphatic carbocycles. The van der Waals surface area contributed by atoms with Crippen LogP contribution in [0.1, 0.15) is 38.7 Å². The van der Waals surface area contributed by atoms with Crippen LogP contribution < -0.4 is 0 Å². The minimum absolute atomic E-state index is 0.103. The first-order valence-corrected chi connectivity index (χ1v) is 6.57. The van der Waals surface area contributed by atoms with Gasteiger partial charge in [-0.15, -0.1) is 0 Å². The van der Waals surface area contributed by atoms with Gasteiger partial charge in [-0.2, -0.15) is 0 Å². The molecule has 0 unspecified atom stereocenters. The fourth-order valence-corrected chi connectivity index (χ4v) is 1.76. The lowest BCUT2D eigenvalue weighted by molar-refractivity contribution is -0.143. The summed E-state index contributed by atoms with van der Waals surface area (Å²) in [7, 11) is 0. The van der Waals surface area contributed by atoms with Crippen molar-refractivity contribution in [2.45, 2.75) is 39.5 Å². The summed E-state index contributed by atoms with van der Waals surface area (Å²) in [4.78, 5) is 11.2. The lowest BCUT2D eigenvalue weighted by atomic mass is 10.1. The van der Waals surface area contributed by atoms with Crippen molar-refractivity contribution in [3.05, 3.63) is 47.5 Å². The molecular weight excluding hydrogens is 224 g/mol. The fourth-order valence-electron chi connectivity index (χ4n) is 1.76. The zero-order chi connectivity index (χ0) is 13.2. The first kappa shape index (κ1) is 14.5. The molecule has 2 heteroatoms. The highest BCUT2D eigenvalue weighted by Crippen LogP contribution is 2.09. The lowest BCUT2D eigenvalue weighted by Crippen LogP contribution is -2.03. The van der Waals surface area contributed by atoms with Crippen LogP contribution >= 0.6 is 0 Å². The number of esters is 1. The average Bonchev–Trinajstić information content (AvgIpc) is 2.38. The van der Waals surface area contributed by atoms with Crippen molar-refractivity contribution in [3.63, 3.8) is 0 Å². The summed E-state index contributed by atoms with van der Waals surface area (Å²) in [6, 6.07) is 10.4. The molecule has 0 saturated heterocycles. The molecule has 0 amide bonds. The highest BCUT2D eigenvalue weighted by atomic mass is 16.5. The van der Waals surface area contributed by atoms with Gasteiger partial charge in [0.15, 0.2) is 0 Å². The molecule has 1 aromatic rings. The molecule has 0 radical (unpaired) electrons. The highest BCUT2D eigenvalue weighted by Gasteiger charge is 2.01. The first-order chi connectivity index (χ1) is 8.72. The van der Waals surface area contributed by atoms with Crippen LogP contribution in [0.25, 0.3) is 0 Å². The molecular formula is C16H22O2. The molecule has 0 aliphatic rings. The van der Waals surface area contributed by atoms with Gasteiger partial charge in [-0.25, -0.2) is 0 Å². The topological polar surface area (TPSA) is 26.3 Å². The van der Waals surface area contributed by atoms with Crippen molar-refractivity contribution < 1.29 is 9.53 Å². The quantitative estimate of drug-likeness (QED) is 0.538. The van der Waals surface area contributed by atoms with Crippen molar-refractivity contribution in [1.82, 2.24) is 0 Å². The molecule has 98 valence electrons. The van der Waals surface area contributed by atoms with E-state index in [0.29, 0.717) is 13.0 Å². The van der Waals surface area contributed by atoms with E-state index in [9.17, 15) is 4.79 Å². The molecule has 1 rings (SSSR count). The number of carbonyl (C=O) groups is 1. The molecule has 0 saturated carbocycles. The Hall–Kier alpha value is -1.57.